The predicted molar refractivity (Wildman–Crippen MR) is 123 cm³/mol. The number of para-hydroxylation sites is 1. The molecule has 1 unspecified atom stereocenters. The zero-order chi connectivity index (χ0) is 22.4. The number of nitrogens with one attached hydrogen (secondary N) is 1. The topological polar surface area (TPSA) is 58.6 Å². The van der Waals surface area contributed by atoms with Crippen molar-refractivity contribution in [3.8, 4) is 5.75 Å². The first-order valence-electron chi connectivity index (χ1n) is 10.9. The van der Waals surface area contributed by atoms with Gasteiger partial charge in [0.2, 0.25) is 5.91 Å². The van der Waals surface area contributed by atoms with Crippen LogP contribution in [0.4, 0.5) is 0 Å². The third-order valence-corrected chi connectivity index (χ3v) is 6.10. The zero-order valence-electron chi connectivity index (χ0n) is 18.4. The Hall–Kier alpha value is -2.53. The molecule has 5 nitrogen and oxygen atoms in total. The van der Waals surface area contributed by atoms with Gasteiger partial charge in [0.05, 0.1) is 0 Å². The fraction of sp³-hybridized carbons (Fsp3) is 0.440. The van der Waals surface area contributed by atoms with Gasteiger partial charge in [-0.25, -0.2) is 0 Å². The monoisotopic (exact) mass is 442 g/mol. The van der Waals surface area contributed by atoms with E-state index in [-0.39, 0.29) is 24.3 Å². The van der Waals surface area contributed by atoms with Gasteiger partial charge >= 0.3 is 0 Å². The van der Waals surface area contributed by atoms with Gasteiger partial charge < -0.3 is 15.0 Å². The molecule has 1 saturated heterocycles. The lowest BCUT2D eigenvalue weighted by Gasteiger charge is -2.35. The Bertz CT molecular complexity index is 890. The lowest BCUT2D eigenvalue weighted by Crippen LogP contribution is -2.53. The molecule has 0 aliphatic carbocycles. The van der Waals surface area contributed by atoms with Crippen molar-refractivity contribution in [2.75, 3.05) is 19.7 Å². The molecule has 166 valence electrons. The van der Waals surface area contributed by atoms with Crippen LogP contribution in [0.2, 0.25) is 5.02 Å². The van der Waals surface area contributed by atoms with Crippen molar-refractivity contribution in [2.24, 2.45) is 5.92 Å². The van der Waals surface area contributed by atoms with Crippen molar-refractivity contribution in [3.63, 3.8) is 0 Å². The van der Waals surface area contributed by atoms with Gasteiger partial charge in [-0.2, -0.15) is 0 Å². The second-order valence-electron chi connectivity index (χ2n) is 8.49. The fourth-order valence-corrected chi connectivity index (χ4v) is 4.08. The van der Waals surface area contributed by atoms with E-state index in [0.29, 0.717) is 24.8 Å². The average molecular weight is 443 g/mol. The summed E-state index contributed by atoms with van der Waals surface area (Å²) in [7, 11) is 0. The summed E-state index contributed by atoms with van der Waals surface area (Å²) in [4.78, 5) is 27.5. The summed E-state index contributed by atoms with van der Waals surface area (Å²) in [5.41, 5.74) is 2.23. The van der Waals surface area contributed by atoms with Gasteiger partial charge in [0.25, 0.3) is 5.91 Å². The van der Waals surface area contributed by atoms with E-state index in [2.05, 4.69) is 17.4 Å². The van der Waals surface area contributed by atoms with Crippen molar-refractivity contribution in [1.29, 1.82) is 0 Å². The standard InChI is InChI=1S/C25H31ClN2O3/c1-17(2)24(27-23(29)16-31-22-7-5-4-6-18(22)3)25(30)28-14-12-20(13-15-28)19-8-10-21(26)11-9-19/h4-11,17,20,24H,12-16H2,1-3H3,(H,27,29). The zero-order valence-corrected chi connectivity index (χ0v) is 19.2. The number of amides is 2. The van der Waals surface area contributed by atoms with Crippen LogP contribution in [0.3, 0.4) is 0 Å². The van der Waals surface area contributed by atoms with Crippen molar-refractivity contribution in [2.45, 2.75) is 45.6 Å². The molecule has 0 saturated carbocycles. The molecule has 0 radical (unpaired) electrons. The first-order valence-corrected chi connectivity index (χ1v) is 11.2. The maximum atomic E-state index is 13.1. The van der Waals surface area contributed by atoms with E-state index < -0.39 is 6.04 Å². The Labute approximate surface area is 189 Å². The Kier molecular flexibility index (Phi) is 7.97. The van der Waals surface area contributed by atoms with Crippen molar-refractivity contribution >= 4 is 23.4 Å². The maximum Gasteiger partial charge on any atom is 0.258 e. The summed E-state index contributed by atoms with van der Waals surface area (Å²) in [6.07, 6.45) is 1.81. The molecule has 1 atom stereocenters. The van der Waals surface area contributed by atoms with Crippen LogP contribution in [0, 0.1) is 12.8 Å². The van der Waals surface area contributed by atoms with Gasteiger partial charge in [0.1, 0.15) is 11.8 Å². The summed E-state index contributed by atoms with van der Waals surface area (Å²) >= 11 is 5.99. The molecule has 0 bridgehead atoms. The molecule has 1 aliphatic heterocycles. The lowest BCUT2D eigenvalue weighted by atomic mass is 9.89. The number of carbonyl (C=O) groups is 2. The summed E-state index contributed by atoms with van der Waals surface area (Å²) in [5.74, 6) is 0.786. The summed E-state index contributed by atoms with van der Waals surface area (Å²) in [6, 6.07) is 15.0. The Morgan fingerprint density at radius 2 is 1.74 bits per heavy atom. The van der Waals surface area contributed by atoms with Crippen molar-refractivity contribution in [1.82, 2.24) is 10.2 Å². The second-order valence-corrected chi connectivity index (χ2v) is 8.93. The van der Waals surface area contributed by atoms with Crippen LogP contribution in [-0.2, 0) is 9.59 Å². The van der Waals surface area contributed by atoms with Gasteiger partial charge in [-0.15, -0.1) is 0 Å². The number of rotatable bonds is 7. The smallest absolute Gasteiger partial charge is 0.258 e. The number of hydrogen-bond donors (Lipinski definition) is 1. The molecular weight excluding hydrogens is 412 g/mol. The number of piperidine rings is 1. The van der Waals surface area contributed by atoms with Crippen LogP contribution in [0.5, 0.6) is 5.75 Å². The Balaban J connectivity index is 1.53. The van der Waals surface area contributed by atoms with Crippen LogP contribution in [0.1, 0.15) is 43.7 Å². The highest BCUT2D eigenvalue weighted by molar-refractivity contribution is 6.30. The quantitative estimate of drug-likeness (QED) is 0.683. The minimum absolute atomic E-state index is 0.0103. The van der Waals surface area contributed by atoms with E-state index in [4.69, 9.17) is 16.3 Å². The molecule has 1 heterocycles. The minimum atomic E-state index is -0.556. The lowest BCUT2D eigenvalue weighted by molar-refractivity contribution is -0.139. The van der Waals surface area contributed by atoms with E-state index in [1.54, 1.807) is 0 Å². The van der Waals surface area contributed by atoms with E-state index >= 15 is 0 Å². The highest BCUT2D eigenvalue weighted by Gasteiger charge is 2.31. The van der Waals surface area contributed by atoms with E-state index in [9.17, 15) is 9.59 Å². The van der Waals surface area contributed by atoms with Crippen LogP contribution in [-0.4, -0.2) is 42.5 Å². The van der Waals surface area contributed by atoms with Crippen LogP contribution < -0.4 is 10.1 Å². The van der Waals surface area contributed by atoms with E-state index in [0.717, 1.165) is 23.4 Å². The van der Waals surface area contributed by atoms with Crippen molar-refractivity contribution in [3.05, 3.63) is 64.7 Å². The predicted octanol–water partition coefficient (Wildman–Crippen LogP) is 4.57. The van der Waals surface area contributed by atoms with Crippen LogP contribution in [0.25, 0.3) is 0 Å². The number of likely N-dealkylation sites (tertiary alicyclic amines) is 1. The van der Waals surface area contributed by atoms with E-state index in [1.807, 2.05) is 62.1 Å². The highest BCUT2D eigenvalue weighted by atomic mass is 35.5. The number of benzene rings is 2. The second kappa shape index (κ2) is 10.7. The first kappa shape index (κ1) is 23.1. The van der Waals surface area contributed by atoms with Gasteiger partial charge in [-0.3, -0.25) is 9.59 Å². The maximum absolute atomic E-state index is 13.1. The number of halogens is 1. The SMILES string of the molecule is Cc1ccccc1OCC(=O)NC(C(=O)N1CCC(c2ccc(Cl)cc2)CC1)C(C)C. The van der Waals surface area contributed by atoms with Gasteiger partial charge in [0, 0.05) is 18.1 Å². The number of aryl methyl sites for hydroxylation is 1. The number of nitrogens with zero attached hydrogens (tertiary/aromatic N) is 1. The molecule has 6 heteroatoms. The molecule has 1 N–H and O–H groups in total. The van der Waals surface area contributed by atoms with Crippen LogP contribution >= 0.6 is 11.6 Å². The summed E-state index contributed by atoms with van der Waals surface area (Å²) < 4.78 is 5.63. The van der Waals surface area contributed by atoms with Crippen molar-refractivity contribution < 1.29 is 14.3 Å². The minimum Gasteiger partial charge on any atom is -0.484 e. The Morgan fingerprint density at radius 1 is 1.10 bits per heavy atom. The molecule has 2 aromatic rings. The van der Waals surface area contributed by atoms with Crippen LogP contribution in [0.15, 0.2) is 48.5 Å². The highest BCUT2D eigenvalue weighted by Crippen LogP contribution is 2.29. The number of hydrogen-bond acceptors (Lipinski definition) is 3. The third kappa shape index (κ3) is 6.23. The molecule has 1 fully saturated rings. The molecular formula is C25H31ClN2O3. The van der Waals surface area contributed by atoms with E-state index in [1.165, 1.54) is 5.56 Å². The number of carbonyl (C=O) groups excluding carboxylic acids is 2. The molecule has 3 rings (SSSR count). The largest absolute Gasteiger partial charge is 0.484 e. The molecule has 2 aromatic carbocycles. The Morgan fingerprint density at radius 3 is 2.35 bits per heavy atom. The fourth-order valence-electron chi connectivity index (χ4n) is 3.96. The van der Waals surface area contributed by atoms with Gasteiger partial charge in [-0.1, -0.05) is 55.8 Å². The molecule has 0 aromatic heterocycles. The molecule has 1 aliphatic rings. The molecule has 31 heavy (non-hydrogen) atoms. The summed E-state index contributed by atoms with van der Waals surface area (Å²) in [6.45, 7) is 7.09. The molecule has 0 spiro atoms. The van der Waals surface area contributed by atoms with Gasteiger partial charge in [0.15, 0.2) is 6.61 Å². The summed E-state index contributed by atoms with van der Waals surface area (Å²) in [5, 5.41) is 3.62. The van der Waals surface area contributed by atoms with Gasteiger partial charge in [-0.05, 0) is 60.9 Å². The first-order chi connectivity index (χ1) is 14.8. The average Bonchev–Trinajstić information content (AvgIpc) is 2.77. The number of ether oxygens (including phenoxy) is 1. The third-order valence-electron chi connectivity index (χ3n) is 5.85. The molecule has 2 amide bonds. The normalized spacial score (nSPS) is 15.6.